The second-order valence-electron chi connectivity index (χ2n) is 3.88. The van der Waals surface area contributed by atoms with E-state index in [9.17, 15) is 9.90 Å². The zero-order valence-electron chi connectivity index (χ0n) is 10.8. The molecule has 106 valence electrons. The van der Waals surface area contributed by atoms with Crippen molar-refractivity contribution < 1.29 is 24.1 Å². The molecular formula is C14H14O6. The van der Waals surface area contributed by atoms with Crippen molar-refractivity contribution in [2.45, 2.75) is 6.92 Å². The first-order chi connectivity index (χ1) is 9.67. The number of hydrogen-bond donors (Lipinski definition) is 2. The number of aliphatic hydroxyl groups is 1. The van der Waals surface area contributed by atoms with Gasteiger partial charge in [-0.3, -0.25) is 0 Å². The number of aliphatic hydroxyl groups excluding tert-OH is 1. The van der Waals surface area contributed by atoms with E-state index in [1.165, 1.54) is 12.3 Å². The summed E-state index contributed by atoms with van der Waals surface area (Å²) in [5.41, 5.74) is -0.608. The van der Waals surface area contributed by atoms with Crippen LogP contribution in [0.2, 0.25) is 0 Å². The molecular weight excluding hydrogens is 264 g/mol. The van der Waals surface area contributed by atoms with Crippen LogP contribution in [0.4, 0.5) is 0 Å². The predicted octanol–water partition coefficient (Wildman–Crippen LogP) is 1.78. The molecule has 0 saturated carbocycles. The number of rotatable bonds is 5. The molecule has 0 bridgehead atoms. The third-order valence-corrected chi connectivity index (χ3v) is 2.49. The molecule has 2 N–H and O–H groups in total. The van der Waals surface area contributed by atoms with Gasteiger partial charge in [0.25, 0.3) is 5.75 Å². The minimum atomic E-state index is -0.785. The summed E-state index contributed by atoms with van der Waals surface area (Å²) in [6, 6.07) is 4.60. The van der Waals surface area contributed by atoms with Gasteiger partial charge in [0.05, 0.1) is 18.3 Å². The van der Waals surface area contributed by atoms with E-state index in [0.29, 0.717) is 11.1 Å². The number of allylic oxidation sites excluding steroid dienone is 1. The summed E-state index contributed by atoms with van der Waals surface area (Å²) in [6.07, 6.45) is 2.85. The molecule has 0 aliphatic rings. The summed E-state index contributed by atoms with van der Waals surface area (Å²) in [6.45, 7) is 1.72. The summed E-state index contributed by atoms with van der Waals surface area (Å²) in [5, 5.41) is 19.0. The van der Waals surface area contributed by atoms with E-state index in [-0.39, 0.29) is 30.3 Å². The lowest BCUT2D eigenvalue weighted by Gasteiger charge is -2.07. The Kier molecular flexibility index (Phi) is 4.27. The first kappa shape index (κ1) is 14.0. The van der Waals surface area contributed by atoms with Crippen molar-refractivity contribution in [2.24, 2.45) is 0 Å². The Hall–Kier alpha value is -2.47. The van der Waals surface area contributed by atoms with Crippen LogP contribution < -0.4 is 15.1 Å². The number of benzene rings is 1. The molecule has 0 saturated heterocycles. The fourth-order valence-electron chi connectivity index (χ4n) is 1.64. The molecule has 0 radical (unpaired) electrons. The lowest BCUT2D eigenvalue weighted by atomic mass is 10.2. The molecule has 6 heteroatoms. The summed E-state index contributed by atoms with van der Waals surface area (Å²) < 4.78 is 15.3. The van der Waals surface area contributed by atoms with Gasteiger partial charge in [0.2, 0.25) is 0 Å². The summed E-state index contributed by atoms with van der Waals surface area (Å²) >= 11 is 0. The Morgan fingerprint density at radius 2 is 2.20 bits per heavy atom. The highest BCUT2D eigenvalue weighted by Gasteiger charge is 2.15. The fourth-order valence-corrected chi connectivity index (χ4v) is 1.64. The lowest BCUT2D eigenvalue weighted by molar-refractivity contribution is 0.201. The molecule has 1 heterocycles. The van der Waals surface area contributed by atoms with Gasteiger partial charge >= 0.3 is 5.63 Å². The molecule has 1 aromatic heterocycles. The summed E-state index contributed by atoms with van der Waals surface area (Å²) in [4.78, 5) is 11.7. The summed E-state index contributed by atoms with van der Waals surface area (Å²) in [7, 11) is 0. The molecule has 20 heavy (non-hydrogen) atoms. The van der Waals surface area contributed by atoms with Gasteiger partial charge in [0.1, 0.15) is 17.9 Å². The van der Waals surface area contributed by atoms with Crippen LogP contribution in [-0.4, -0.2) is 23.4 Å². The van der Waals surface area contributed by atoms with Gasteiger partial charge in [-0.25, -0.2) is 4.79 Å². The highest BCUT2D eigenvalue weighted by Crippen LogP contribution is 2.33. The van der Waals surface area contributed by atoms with Crippen LogP contribution in [0.3, 0.4) is 0 Å². The molecule has 0 amide bonds. The quantitative estimate of drug-likeness (QED) is 0.640. The van der Waals surface area contributed by atoms with E-state index >= 15 is 0 Å². The van der Waals surface area contributed by atoms with E-state index in [2.05, 4.69) is 0 Å². The van der Waals surface area contributed by atoms with Crippen LogP contribution in [0.25, 0.3) is 11.0 Å². The van der Waals surface area contributed by atoms with Gasteiger partial charge in [0, 0.05) is 6.07 Å². The van der Waals surface area contributed by atoms with Crippen molar-refractivity contribution in [3.63, 3.8) is 0 Å². The van der Waals surface area contributed by atoms with Gasteiger partial charge < -0.3 is 24.1 Å². The molecule has 0 spiro atoms. The Morgan fingerprint density at radius 1 is 1.40 bits per heavy atom. The normalized spacial score (nSPS) is 11.1. The molecule has 2 rings (SSSR count). The smallest absolute Gasteiger partial charge is 0.383 e. The zero-order chi connectivity index (χ0) is 14.5. The number of ether oxygens (including phenoxy) is 2. The van der Waals surface area contributed by atoms with Crippen LogP contribution in [0.1, 0.15) is 6.92 Å². The first-order valence-corrected chi connectivity index (χ1v) is 5.98. The van der Waals surface area contributed by atoms with Crippen molar-refractivity contribution in [3.8, 4) is 17.2 Å². The highest BCUT2D eigenvalue weighted by molar-refractivity contribution is 5.86. The van der Waals surface area contributed by atoms with Crippen molar-refractivity contribution in [1.29, 1.82) is 0 Å². The van der Waals surface area contributed by atoms with Crippen molar-refractivity contribution >= 4 is 11.0 Å². The van der Waals surface area contributed by atoms with Gasteiger partial charge in [-0.2, -0.15) is 0 Å². The molecule has 0 unspecified atom stereocenters. The number of fused-ring (bicyclic) bond motifs is 1. The van der Waals surface area contributed by atoms with E-state index in [0.717, 1.165) is 0 Å². The molecule has 0 fully saturated rings. The Bertz CT molecular complexity index is 686. The predicted molar refractivity (Wildman–Crippen MR) is 72.2 cm³/mol. The van der Waals surface area contributed by atoms with Crippen molar-refractivity contribution in [3.05, 3.63) is 41.0 Å². The Balaban J connectivity index is 2.49. The Morgan fingerprint density at radius 3 is 2.90 bits per heavy atom. The van der Waals surface area contributed by atoms with Crippen LogP contribution in [0, 0.1) is 0 Å². The standard InChI is InChI=1S/C14H14O6/c1-2-6-19-13-12(16)10-4-3-9(18-7-5-15)8-11(10)20-14(13)17/h2-4,6,8,15-16H,5,7H2,1H3. The second-order valence-corrected chi connectivity index (χ2v) is 3.88. The fraction of sp³-hybridized carbons (Fsp3) is 0.214. The number of hydrogen-bond acceptors (Lipinski definition) is 6. The third-order valence-electron chi connectivity index (χ3n) is 2.49. The van der Waals surface area contributed by atoms with Gasteiger partial charge in [-0.15, -0.1) is 0 Å². The maximum absolute atomic E-state index is 11.7. The molecule has 0 aliphatic carbocycles. The highest BCUT2D eigenvalue weighted by atomic mass is 16.5. The largest absolute Gasteiger partial charge is 0.504 e. The maximum atomic E-state index is 11.7. The molecule has 1 aromatic carbocycles. The SMILES string of the molecule is CC=COc1c(O)c2ccc(OCCO)cc2oc1=O. The van der Waals surface area contributed by atoms with E-state index < -0.39 is 5.63 Å². The minimum Gasteiger partial charge on any atom is -0.504 e. The van der Waals surface area contributed by atoms with Gasteiger partial charge in [-0.05, 0) is 19.1 Å². The van der Waals surface area contributed by atoms with Crippen LogP contribution in [0.5, 0.6) is 17.2 Å². The topological polar surface area (TPSA) is 89.1 Å². The van der Waals surface area contributed by atoms with Crippen LogP contribution in [0.15, 0.2) is 39.7 Å². The van der Waals surface area contributed by atoms with Crippen LogP contribution >= 0.6 is 0 Å². The van der Waals surface area contributed by atoms with Crippen molar-refractivity contribution in [1.82, 2.24) is 0 Å². The average molecular weight is 278 g/mol. The second kappa shape index (κ2) is 6.12. The number of aromatic hydroxyl groups is 1. The average Bonchev–Trinajstić information content (AvgIpc) is 2.44. The first-order valence-electron chi connectivity index (χ1n) is 5.98. The van der Waals surface area contributed by atoms with E-state index in [4.69, 9.17) is 19.0 Å². The molecule has 0 aliphatic heterocycles. The Labute approximate surface area is 114 Å². The maximum Gasteiger partial charge on any atom is 0.383 e. The monoisotopic (exact) mass is 278 g/mol. The molecule has 0 atom stereocenters. The van der Waals surface area contributed by atoms with Gasteiger partial charge in [-0.1, -0.05) is 6.08 Å². The lowest BCUT2D eigenvalue weighted by Crippen LogP contribution is -2.04. The summed E-state index contributed by atoms with van der Waals surface area (Å²) in [5.74, 6) is -0.126. The van der Waals surface area contributed by atoms with E-state index in [1.807, 2.05) is 0 Å². The molecule has 2 aromatic rings. The van der Waals surface area contributed by atoms with E-state index in [1.54, 1.807) is 25.1 Å². The third kappa shape index (κ3) is 2.75. The molecule has 6 nitrogen and oxygen atoms in total. The van der Waals surface area contributed by atoms with Crippen molar-refractivity contribution in [2.75, 3.05) is 13.2 Å². The minimum absolute atomic E-state index is 0.122. The zero-order valence-corrected chi connectivity index (χ0v) is 10.8. The van der Waals surface area contributed by atoms with Gasteiger partial charge in [0.15, 0.2) is 5.75 Å². The van der Waals surface area contributed by atoms with Crippen LogP contribution in [-0.2, 0) is 0 Å².